The highest BCUT2D eigenvalue weighted by Crippen LogP contribution is 2.25. The molecule has 5 heteroatoms. The molecule has 1 aromatic carbocycles. The topological polar surface area (TPSA) is 52.1 Å². The molecule has 0 fully saturated rings. The minimum Gasteiger partial charge on any atom is -0.495 e. The van der Waals surface area contributed by atoms with E-state index in [0.29, 0.717) is 22.0 Å². The molecule has 0 amide bonds. The lowest BCUT2D eigenvalue weighted by Crippen LogP contribution is -2.05. The van der Waals surface area contributed by atoms with Crippen LogP contribution in [-0.4, -0.2) is 22.9 Å². The number of nitrogens with zero attached hydrogens (tertiary/aromatic N) is 2. The summed E-state index contributed by atoms with van der Waals surface area (Å²) in [4.78, 5) is 19.8. The van der Waals surface area contributed by atoms with E-state index in [2.05, 4.69) is 9.97 Å². The molecule has 0 atom stereocenters. The Morgan fingerprint density at radius 1 is 1.39 bits per heavy atom. The van der Waals surface area contributed by atoms with Gasteiger partial charge in [0.15, 0.2) is 5.78 Å². The first-order valence-corrected chi connectivity index (χ1v) is 5.70. The minimum atomic E-state index is -0.0433. The number of hydrogen-bond acceptors (Lipinski definition) is 4. The first kappa shape index (κ1) is 12.5. The number of benzene rings is 1. The van der Waals surface area contributed by atoms with Gasteiger partial charge in [-0.3, -0.25) is 4.79 Å². The Balaban J connectivity index is 2.17. The number of methoxy groups -OCH3 is 1. The van der Waals surface area contributed by atoms with E-state index in [1.807, 2.05) is 0 Å². The predicted molar refractivity (Wildman–Crippen MR) is 68.1 cm³/mol. The molecule has 0 saturated heterocycles. The summed E-state index contributed by atoms with van der Waals surface area (Å²) in [5.74, 6) is 0.508. The summed E-state index contributed by atoms with van der Waals surface area (Å²) in [7, 11) is 1.53. The molecule has 0 aliphatic rings. The van der Waals surface area contributed by atoms with Crippen LogP contribution < -0.4 is 4.74 Å². The highest BCUT2D eigenvalue weighted by atomic mass is 35.5. The summed E-state index contributed by atoms with van der Waals surface area (Å²) in [5.41, 5.74) is 1.22. The van der Waals surface area contributed by atoms with Gasteiger partial charge in [0, 0.05) is 11.8 Å². The third kappa shape index (κ3) is 2.84. The SMILES string of the molecule is COc1ccc(C(=O)Cc2ccncn2)cc1Cl. The predicted octanol–water partition coefficient (Wildman–Crippen LogP) is 2.56. The van der Waals surface area contributed by atoms with Gasteiger partial charge in [-0.15, -0.1) is 0 Å². The molecule has 1 heterocycles. The van der Waals surface area contributed by atoms with Crippen molar-refractivity contribution in [2.24, 2.45) is 0 Å². The standard InChI is InChI=1S/C13H11ClN2O2/c1-18-13-3-2-9(6-11(13)14)12(17)7-10-4-5-15-8-16-10/h2-6,8H,7H2,1H3. The number of ketones is 1. The third-order valence-electron chi connectivity index (χ3n) is 2.46. The third-order valence-corrected chi connectivity index (χ3v) is 2.75. The molecular weight excluding hydrogens is 252 g/mol. The average Bonchev–Trinajstić information content (AvgIpc) is 2.39. The van der Waals surface area contributed by atoms with Crippen LogP contribution in [0.25, 0.3) is 0 Å². The monoisotopic (exact) mass is 262 g/mol. The number of rotatable bonds is 4. The van der Waals surface area contributed by atoms with Crippen molar-refractivity contribution in [3.63, 3.8) is 0 Å². The molecule has 1 aromatic heterocycles. The van der Waals surface area contributed by atoms with Gasteiger partial charge in [0.25, 0.3) is 0 Å². The number of halogens is 1. The number of ether oxygens (including phenoxy) is 1. The number of hydrogen-bond donors (Lipinski definition) is 0. The lowest BCUT2D eigenvalue weighted by atomic mass is 10.1. The first-order valence-electron chi connectivity index (χ1n) is 5.32. The maximum atomic E-state index is 12.0. The van der Waals surface area contributed by atoms with Crippen LogP contribution in [0, 0.1) is 0 Å². The smallest absolute Gasteiger partial charge is 0.168 e. The molecule has 18 heavy (non-hydrogen) atoms. The normalized spacial score (nSPS) is 10.1. The molecular formula is C13H11ClN2O2. The van der Waals surface area contributed by atoms with E-state index < -0.39 is 0 Å². The molecule has 0 N–H and O–H groups in total. The molecule has 0 unspecified atom stereocenters. The summed E-state index contributed by atoms with van der Waals surface area (Å²) in [6.45, 7) is 0. The fourth-order valence-corrected chi connectivity index (χ4v) is 1.79. The molecule has 2 aromatic rings. The number of carbonyl (C=O) groups excluding carboxylic acids is 1. The molecule has 4 nitrogen and oxygen atoms in total. The lowest BCUT2D eigenvalue weighted by Gasteiger charge is -2.05. The van der Waals surface area contributed by atoms with Crippen LogP contribution in [0.15, 0.2) is 36.8 Å². The van der Waals surface area contributed by atoms with E-state index >= 15 is 0 Å². The Labute approximate surface area is 110 Å². The second-order valence-electron chi connectivity index (χ2n) is 3.65. The van der Waals surface area contributed by atoms with Crippen molar-refractivity contribution in [2.45, 2.75) is 6.42 Å². The molecule has 0 aliphatic heterocycles. The maximum Gasteiger partial charge on any atom is 0.168 e. The van der Waals surface area contributed by atoms with Crippen molar-refractivity contribution in [2.75, 3.05) is 7.11 Å². The lowest BCUT2D eigenvalue weighted by molar-refractivity contribution is 0.0992. The van der Waals surface area contributed by atoms with Crippen molar-refractivity contribution in [3.8, 4) is 5.75 Å². The van der Waals surface area contributed by atoms with Crippen LogP contribution >= 0.6 is 11.6 Å². The molecule has 0 radical (unpaired) electrons. The first-order chi connectivity index (χ1) is 8.70. The van der Waals surface area contributed by atoms with Crippen molar-refractivity contribution >= 4 is 17.4 Å². The molecule has 0 aliphatic carbocycles. The van der Waals surface area contributed by atoms with Crippen molar-refractivity contribution in [1.29, 1.82) is 0 Å². The van der Waals surface area contributed by atoms with Crippen LogP contribution in [0.1, 0.15) is 16.1 Å². The Kier molecular flexibility index (Phi) is 3.89. The van der Waals surface area contributed by atoms with Gasteiger partial charge in [-0.05, 0) is 24.3 Å². The number of Topliss-reactive ketones (excluding diaryl/α,β-unsaturated/α-hetero) is 1. The van der Waals surface area contributed by atoms with Gasteiger partial charge >= 0.3 is 0 Å². The summed E-state index contributed by atoms with van der Waals surface area (Å²) >= 11 is 5.97. The van der Waals surface area contributed by atoms with E-state index in [1.165, 1.54) is 13.4 Å². The number of aromatic nitrogens is 2. The van der Waals surface area contributed by atoms with Crippen LogP contribution in [-0.2, 0) is 6.42 Å². The second-order valence-corrected chi connectivity index (χ2v) is 4.06. The average molecular weight is 263 g/mol. The van der Waals surface area contributed by atoms with Crippen molar-refractivity contribution < 1.29 is 9.53 Å². The van der Waals surface area contributed by atoms with Crippen molar-refractivity contribution in [3.05, 3.63) is 53.1 Å². The zero-order valence-electron chi connectivity index (χ0n) is 9.76. The van der Waals surface area contributed by atoms with E-state index in [4.69, 9.17) is 16.3 Å². The number of carbonyl (C=O) groups is 1. The second kappa shape index (κ2) is 5.60. The van der Waals surface area contributed by atoms with E-state index in [-0.39, 0.29) is 12.2 Å². The molecule has 0 saturated carbocycles. The quantitative estimate of drug-likeness (QED) is 0.795. The zero-order chi connectivity index (χ0) is 13.0. The van der Waals surface area contributed by atoms with Crippen molar-refractivity contribution in [1.82, 2.24) is 9.97 Å². The highest BCUT2D eigenvalue weighted by Gasteiger charge is 2.10. The molecule has 92 valence electrons. The largest absolute Gasteiger partial charge is 0.495 e. The minimum absolute atomic E-state index is 0.0433. The molecule has 0 spiro atoms. The van der Waals surface area contributed by atoms with E-state index in [9.17, 15) is 4.79 Å². The highest BCUT2D eigenvalue weighted by molar-refractivity contribution is 6.32. The Hall–Kier alpha value is -1.94. The van der Waals surface area contributed by atoms with Crippen LogP contribution in [0.2, 0.25) is 5.02 Å². The van der Waals surface area contributed by atoms with Crippen LogP contribution in [0.5, 0.6) is 5.75 Å². The zero-order valence-corrected chi connectivity index (χ0v) is 10.5. The Morgan fingerprint density at radius 2 is 2.22 bits per heavy atom. The Bertz CT molecular complexity index is 558. The fraction of sp³-hybridized carbons (Fsp3) is 0.154. The van der Waals surface area contributed by atoms with Crippen LogP contribution in [0.3, 0.4) is 0 Å². The van der Waals surface area contributed by atoms with Gasteiger partial charge in [0.2, 0.25) is 0 Å². The molecule has 0 bridgehead atoms. The van der Waals surface area contributed by atoms with Gasteiger partial charge in [0.1, 0.15) is 12.1 Å². The van der Waals surface area contributed by atoms with Gasteiger partial charge in [-0.2, -0.15) is 0 Å². The summed E-state index contributed by atoms with van der Waals surface area (Å²) < 4.78 is 5.03. The van der Waals surface area contributed by atoms with Crippen LogP contribution in [0.4, 0.5) is 0 Å². The summed E-state index contributed by atoms with van der Waals surface area (Å²) in [5, 5.41) is 0.422. The van der Waals surface area contributed by atoms with Gasteiger partial charge < -0.3 is 4.74 Å². The van der Waals surface area contributed by atoms with E-state index in [0.717, 1.165) is 0 Å². The van der Waals surface area contributed by atoms with E-state index in [1.54, 1.807) is 30.5 Å². The fourth-order valence-electron chi connectivity index (χ4n) is 1.53. The summed E-state index contributed by atoms with van der Waals surface area (Å²) in [6.07, 6.45) is 3.26. The van der Waals surface area contributed by atoms with Gasteiger partial charge in [-0.1, -0.05) is 11.6 Å². The van der Waals surface area contributed by atoms with Gasteiger partial charge in [-0.25, -0.2) is 9.97 Å². The summed E-state index contributed by atoms with van der Waals surface area (Å²) in [6, 6.07) is 6.68. The maximum absolute atomic E-state index is 12.0. The molecule has 2 rings (SSSR count). The van der Waals surface area contributed by atoms with Gasteiger partial charge in [0.05, 0.1) is 24.2 Å². The Morgan fingerprint density at radius 3 is 2.83 bits per heavy atom.